The lowest BCUT2D eigenvalue weighted by atomic mass is 9.81. The van der Waals surface area contributed by atoms with Crippen LogP contribution in [0, 0.1) is 11.8 Å². The molecule has 0 aliphatic heterocycles. The molecule has 4 heteroatoms. The Morgan fingerprint density at radius 3 is 1.79 bits per heavy atom. The van der Waals surface area contributed by atoms with E-state index in [9.17, 15) is 9.59 Å². The van der Waals surface area contributed by atoms with E-state index in [-0.39, 0.29) is 17.7 Å². The van der Waals surface area contributed by atoms with E-state index in [0.717, 1.165) is 6.42 Å². The predicted octanol–water partition coefficient (Wildman–Crippen LogP) is 2.97. The molecule has 0 aromatic carbocycles. The molecule has 24 heavy (non-hydrogen) atoms. The molecule has 130 valence electrons. The van der Waals surface area contributed by atoms with Crippen molar-refractivity contribution in [3.63, 3.8) is 0 Å². The van der Waals surface area contributed by atoms with Crippen molar-refractivity contribution < 1.29 is 9.59 Å². The van der Waals surface area contributed by atoms with Crippen molar-refractivity contribution in [2.45, 2.75) is 12.8 Å². The summed E-state index contributed by atoms with van der Waals surface area (Å²) in [6.45, 7) is 16.6. The zero-order chi connectivity index (χ0) is 17.9. The molecule has 2 amide bonds. The van der Waals surface area contributed by atoms with E-state index in [0.29, 0.717) is 32.6 Å². The summed E-state index contributed by atoms with van der Waals surface area (Å²) in [4.78, 5) is 29.2. The van der Waals surface area contributed by atoms with Crippen molar-refractivity contribution in [1.82, 2.24) is 9.80 Å². The van der Waals surface area contributed by atoms with Gasteiger partial charge in [0.25, 0.3) is 0 Å². The van der Waals surface area contributed by atoms with Crippen LogP contribution >= 0.6 is 0 Å². The van der Waals surface area contributed by atoms with Gasteiger partial charge in [-0.1, -0.05) is 36.5 Å². The highest BCUT2D eigenvalue weighted by Crippen LogP contribution is 2.28. The smallest absolute Gasteiger partial charge is 0.230 e. The number of amides is 2. The minimum atomic E-state index is -0.441. The molecular formula is C20H28N2O2. The maximum Gasteiger partial charge on any atom is 0.230 e. The average molecular weight is 328 g/mol. The fourth-order valence-corrected chi connectivity index (χ4v) is 2.94. The van der Waals surface area contributed by atoms with Crippen molar-refractivity contribution >= 4 is 11.8 Å². The van der Waals surface area contributed by atoms with Crippen LogP contribution in [-0.2, 0) is 9.59 Å². The van der Waals surface area contributed by atoms with Crippen LogP contribution in [0.2, 0.25) is 0 Å². The molecule has 0 saturated heterocycles. The maximum atomic E-state index is 12.9. The zero-order valence-electron chi connectivity index (χ0n) is 14.4. The van der Waals surface area contributed by atoms with Crippen LogP contribution in [0.1, 0.15) is 12.8 Å². The summed E-state index contributed by atoms with van der Waals surface area (Å²) in [5, 5.41) is 0. The van der Waals surface area contributed by atoms with Gasteiger partial charge in [-0.3, -0.25) is 9.59 Å². The van der Waals surface area contributed by atoms with E-state index in [1.807, 2.05) is 12.2 Å². The standard InChI is InChI=1S/C20H28N2O2/c1-5-13-21(14-6-2)19(23)17-11-9-10-12-18(17)20(24)22(15-7-3)16-8-4/h5-9,11,17-18H,1-4,10,12-16H2. The van der Waals surface area contributed by atoms with E-state index >= 15 is 0 Å². The van der Waals surface area contributed by atoms with E-state index < -0.39 is 5.92 Å². The third-order valence-corrected chi connectivity index (χ3v) is 4.04. The number of allylic oxidation sites excluding steroid dienone is 1. The van der Waals surface area contributed by atoms with Gasteiger partial charge in [-0.25, -0.2) is 0 Å². The first-order chi connectivity index (χ1) is 11.6. The Balaban J connectivity index is 3.00. The van der Waals surface area contributed by atoms with Crippen LogP contribution in [0.4, 0.5) is 0 Å². The molecule has 0 bridgehead atoms. The third-order valence-electron chi connectivity index (χ3n) is 4.04. The Morgan fingerprint density at radius 2 is 1.33 bits per heavy atom. The van der Waals surface area contributed by atoms with Crippen molar-refractivity contribution in [2.75, 3.05) is 26.2 Å². The van der Waals surface area contributed by atoms with Gasteiger partial charge in [0.2, 0.25) is 11.8 Å². The summed E-state index contributed by atoms with van der Waals surface area (Å²) in [6, 6.07) is 0. The molecule has 0 fully saturated rings. The summed E-state index contributed by atoms with van der Waals surface area (Å²) < 4.78 is 0. The van der Waals surface area contributed by atoms with Gasteiger partial charge in [-0.2, -0.15) is 0 Å². The van der Waals surface area contributed by atoms with E-state index in [2.05, 4.69) is 26.3 Å². The fraction of sp³-hybridized carbons (Fsp3) is 0.400. The lowest BCUT2D eigenvalue weighted by Gasteiger charge is -2.33. The molecule has 2 atom stereocenters. The molecule has 0 heterocycles. The third kappa shape index (κ3) is 5.08. The van der Waals surface area contributed by atoms with Crippen LogP contribution in [0.15, 0.2) is 62.8 Å². The first-order valence-corrected chi connectivity index (χ1v) is 8.28. The summed E-state index contributed by atoms with van der Waals surface area (Å²) in [5.74, 6) is -0.862. The van der Waals surface area contributed by atoms with E-state index in [1.54, 1.807) is 34.1 Å². The lowest BCUT2D eigenvalue weighted by molar-refractivity contribution is -0.144. The molecule has 2 unspecified atom stereocenters. The van der Waals surface area contributed by atoms with Crippen molar-refractivity contribution in [3.05, 3.63) is 62.8 Å². The Bertz CT molecular complexity index is 502. The van der Waals surface area contributed by atoms with Crippen molar-refractivity contribution in [3.8, 4) is 0 Å². The topological polar surface area (TPSA) is 40.6 Å². The Morgan fingerprint density at radius 1 is 0.875 bits per heavy atom. The molecule has 0 spiro atoms. The molecule has 1 aliphatic rings. The molecule has 1 aliphatic carbocycles. The number of hydrogen-bond donors (Lipinski definition) is 0. The second-order valence-electron chi connectivity index (χ2n) is 5.78. The lowest BCUT2D eigenvalue weighted by Crippen LogP contribution is -2.46. The van der Waals surface area contributed by atoms with Gasteiger partial charge in [0.1, 0.15) is 0 Å². The molecule has 1 rings (SSSR count). The second-order valence-corrected chi connectivity index (χ2v) is 5.78. The van der Waals surface area contributed by atoms with Crippen LogP contribution in [-0.4, -0.2) is 47.8 Å². The number of carbonyl (C=O) groups is 2. The van der Waals surface area contributed by atoms with Crippen molar-refractivity contribution in [1.29, 1.82) is 0 Å². The minimum absolute atomic E-state index is 0.0188. The van der Waals surface area contributed by atoms with Gasteiger partial charge < -0.3 is 9.80 Å². The summed E-state index contributed by atoms with van der Waals surface area (Å²) in [6.07, 6.45) is 12.1. The van der Waals surface area contributed by atoms with Gasteiger partial charge in [0, 0.05) is 26.2 Å². The molecule has 0 saturated carbocycles. The van der Waals surface area contributed by atoms with Crippen molar-refractivity contribution in [2.24, 2.45) is 11.8 Å². The molecule has 0 aromatic rings. The van der Waals surface area contributed by atoms with E-state index in [1.165, 1.54) is 0 Å². The molecular weight excluding hydrogens is 300 g/mol. The summed E-state index contributed by atoms with van der Waals surface area (Å²) in [5.41, 5.74) is 0. The molecule has 0 N–H and O–H groups in total. The quantitative estimate of drug-likeness (QED) is 0.579. The molecule has 0 aromatic heterocycles. The van der Waals surface area contributed by atoms with Gasteiger partial charge in [-0.05, 0) is 12.8 Å². The first-order valence-electron chi connectivity index (χ1n) is 8.28. The van der Waals surface area contributed by atoms with Crippen LogP contribution in [0.25, 0.3) is 0 Å². The Kier molecular flexibility index (Phi) is 8.55. The minimum Gasteiger partial charge on any atom is -0.335 e. The highest BCUT2D eigenvalue weighted by molar-refractivity contribution is 5.89. The zero-order valence-corrected chi connectivity index (χ0v) is 14.4. The fourth-order valence-electron chi connectivity index (χ4n) is 2.94. The predicted molar refractivity (Wildman–Crippen MR) is 99.3 cm³/mol. The maximum absolute atomic E-state index is 12.9. The normalized spacial score (nSPS) is 19.2. The number of carbonyl (C=O) groups excluding carboxylic acids is 2. The second kappa shape index (κ2) is 10.4. The monoisotopic (exact) mass is 328 g/mol. The highest BCUT2D eigenvalue weighted by atomic mass is 16.2. The number of rotatable bonds is 10. The van der Waals surface area contributed by atoms with Crippen LogP contribution in [0.3, 0.4) is 0 Å². The molecule has 0 radical (unpaired) electrons. The number of nitrogens with zero attached hydrogens (tertiary/aromatic N) is 2. The van der Waals surface area contributed by atoms with Gasteiger partial charge in [0.15, 0.2) is 0 Å². The van der Waals surface area contributed by atoms with Gasteiger partial charge in [0.05, 0.1) is 11.8 Å². The number of hydrogen-bond acceptors (Lipinski definition) is 2. The van der Waals surface area contributed by atoms with Gasteiger partial charge >= 0.3 is 0 Å². The Labute approximate surface area is 145 Å². The highest BCUT2D eigenvalue weighted by Gasteiger charge is 2.36. The molecule has 4 nitrogen and oxygen atoms in total. The Hall–Kier alpha value is -2.36. The SMILES string of the molecule is C=CCN(CC=C)C(=O)C1C=CCCC1C(=O)N(CC=C)CC=C. The largest absolute Gasteiger partial charge is 0.335 e. The van der Waals surface area contributed by atoms with Crippen LogP contribution in [0.5, 0.6) is 0 Å². The average Bonchev–Trinajstić information content (AvgIpc) is 2.60. The van der Waals surface area contributed by atoms with E-state index in [4.69, 9.17) is 0 Å². The summed E-state index contributed by atoms with van der Waals surface area (Å²) in [7, 11) is 0. The van der Waals surface area contributed by atoms with Gasteiger partial charge in [-0.15, -0.1) is 26.3 Å². The summed E-state index contributed by atoms with van der Waals surface area (Å²) >= 11 is 0. The first kappa shape index (κ1) is 19.7. The van der Waals surface area contributed by atoms with Crippen LogP contribution < -0.4 is 0 Å².